The van der Waals surface area contributed by atoms with Crippen LogP contribution in [-0.4, -0.2) is 19.7 Å². The zero-order valence-electron chi connectivity index (χ0n) is 16.8. The van der Waals surface area contributed by atoms with E-state index in [-0.39, 0.29) is 5.24 Å². The molecule has 1 aliphatic rings. The second-order valence-corrected chi connectivity index (χ2v) is 8.85. The molecule has 5 heteroatoms. The van der Waals surface area contributed by atoms with E-state index in [1.807, 2.05) is 42.5 Å². The second kappa shape index (κ2) is 8.53. The van der Waals surface area contributed by atoms with E-state index in [0.717, 1.165) is 28.0 Å². The molecular weight excluding hydrogens is 420 g/mol. The number of benzene rings is 3. The lowest BCUT2D eigenvalue weighted by atomic mass is 10.1. The van der Waals surface area contributed by atoms with Crippen molar-refractivity contribution in [3.63, 3.8) is 0 Å². The van der Waals surface area contributed by atoms with Gasteiger partial charge in [0, 0.05) is 29.2 Å². The van der Waals surface area contributed by atoms with E-state index in [2.05, 4.69) is 59.3 Å². The number of rotatable bonds is 5. The van der Waals surface area contributed by atoms with Gasteiger partial charge < -0.3 is 4.57 Å². The summed E-state index contributed by atoms with van der Waals surface area (Å²) >= 11 is 6.90. The molecule has 0 aliphatic carbocycles. The van der Waals surface area contributed by atoms with E-state index in [4.69, 9.17) is 12.2 Å². The number of amides is 1. The normalized spacial score (nSPS) is 15.4. The van der Waals surface area contributed by atoms with Gasteiger partial charge in [-0.3, -0.25) is 9.69 Å². The topological polar surface area (TPSA) is 25.2 Å². The number of thioether (sulfide) groups is 1. The maximum Gasteiger partial charge on any atom is 0.291 e. The van der Waals surface area contributed by atoms with Crippen LogP contribution in [0.4, 0.5) is 4.79 Å². The number of hydrogen-bond acceptors (Lipinski definition) is 3. The van der Waals surface area contributed by atoms with Crippen molar-refractivity contribution in [2.24, 2.45) is 0 Å². The number of aromatic nitrogens is 1. The third kappa shape index (κ3) is 4.07. The Hall–Kier alpha value is -3.15. The summed E-state index contributed by atoms with van der Waals surface area (Å²) in [5.74, 6) is 0. The van der Waals surface area contributed by atoms with Crippen molar-refractivity contribution in [2.75, 3.05) is 0 Å². The molecule has 31 heavy (non-hydrogen) atoms. The predicted octanol–water partition coefficient (Wildman–Crippen LogP) is 6.73. The van der Waals surface area contributed by atoms with Crippen molar-refractivity contribution in [1.82, 2.24) is 9.47 Å². The third-order valence-corrected chi connectivity index (χ3v) is 6.85. The molecule has 4 aromatic rings. The van der Waals surface area contributed by atoms with Crippen LogP contribution in [0.2, 0.25) is 0 Å². The number of carbonyl (C=O) groups is 1. The SMILES string of the molecule is O=C1SC(=Cc2cn(Cc3ccccc3)c3ccccc23)C(=S)N1Cc1ccccc1. The third-order valence-electron chi connectivity index (χ3n) is 5.36. The lowest BCUT2D eigenvalue weighted by Gasteiger charge is -2.14. The van der Waals surface area contributed by atoms with Crippen LogP contribution < -0.4 is 0 Å². The zero-order valence-corrected chi connectivity index (χ0v) is 18.4. The molecule has 0 atom stereocenters. The summed E-state index contributed by atoms with van der Waals surface area (Å²) in [5, 5.41) is 1.14. The first-order valence-corrected chi connectivity index (χ1v) is 11.3. The Balaban J connectivity index is 1.47. The largest absolute Gasteiger partial charge is 0.342 e. The summed E-state index contributed by atoms with van der Waals surface area (Å²) in [5.41, 5.74) is 4.56. The van der Waals surface area contributed by atoms with Crippen LogP contribution in [0.5, 0.6) is 0 Å². The van der Waals surface area contributed by atoms with Gasteiger partial charge in [-0.15, -0.1) is 0 Å². The number of para-hydroxylation sites is 1. The molecule has 0 unspecified atom stereocenters. The van der Waals surface area contributed by atoms with Crippen molar-refractivity contribution in [3.05, 3.63) is 113 Å². The Labute approximate surface area is 191 Å². The van der Waals surface area contributed by atoms with E-state index in [0.29, 0.717) is 11.5 Å². The van der Waals surface area contributed by atoms with Crippen LogP contribution in [0.3, 0.4) is 0 Å². The molecule has 1 aromatic heterocycles. The van der Waals surface area contributed by atoms with Crippen molar-refractivity contribution >= 4 is 51.2 Å². The van der Waals surface area contributed by atoms with E-state index < -0.39 is 0 Å². The lowest BCUT2D eigenvalue weighted by Crippen LogP contribution is -2.26. The molecular formula is C26H20N2OS2. The van der Waals surface area contributed by atoms with Crippen molar-refractivity contribution in [2.45, 2.75) is 13.1 Å². The Bertz CT molecular complexity index is 1290. The molecule has 152 valence electrons. The number of hydrogen-bond donors (Lipinski definition) is 0. The summed E-state index contributed by atoms with van der Waals surface area (Å²) in [7, 11) is 0. The molecule has 2 heterocycles. The van der Waals surface area contributed by atoms with Crippen LogP contribution in [0.1, 0.15) is 16.7 Å². The van der Waals surface area contributed by atoms with Gasteiger partial charge in [0.15, 0.2) is 0 Å². The van der Waals surface area contributed by atoms with Crippen molar-refractivity contribution in [3.8, 4) is 0 Å². The summed E-state index contributed by atoms with van der Waals surface area (Å²) in [6.45, 7) is 1.29. The van der Waals surface area contributed by atoms with Crippen LogP contribution in [0.15, 0.2) is 96.0 Å². The molecule has 0 radical (unpaired) electrons. The van der Waals surface area contributed by atoms with E-state index in [1.165, 1.54) is 22.8 Å². The highest BCUT2D eigenvalue weighted by molar-refractivity contribution is 8.19. The Morgan fingerprint density at radius 1 is 0.806 bits per heavy atom. The Morgan fingerprint density at radius 2 is 1.42 bits per heavy atom. The average Bonchev–Trinajstić information content (AvgIpc) is 3.27. The quantitative estimate of drug-likeness (QED) is 0.254. The Morgan fingerprint density at radius 3 is 2.13 bits per heavy atom. The molecule has 3 aromatic carbocycles. The van der Waals surface area contributed by atoms with Gasteiger partial charge in [-0.25, -0.2) is 0 Å². The van der Waals surface area contributed by atoms with Gasteiger partial charge in [-0.1, -0.05) is 91.1 Å². The molecule has 5 rings (SSSR count). The average molecular weight is 441 g/mol. The van der Waals surface area contributed by atoms with Gasteiger partial charge in [0.1, 0.15) is 4.99 Å². The van der Waals surface area contributed by atoms with Crippen LogP contribution in [0, 0.1) is 0 Å². The standard InChI is InChI=1S/C26H20N2OS2/c29-26-28(17-20-11-5-2-6-12-20)25(30)24(31-26)15-21-18-27(16-19-9-3-1-4-10-19)23-14-8-7-13-22(21)23/h1-15,18H,16-17H2. The summed E-state index contributed by atoms with van der Waals surface area (Å²) in [6, 6.07) is 28.7. The first-order chi connectivity index (χ1) is 15.2. The molecule has 1 saturated heterocycles. The molecule has 1 amide bonds. The Kier molecular flexibility index (Phi) is 5.45. The highest BCUT2D eigenvalue weighted by atomic mass is 32.2. The maximum atomic E-state index is 12.7. The smallest absolute Gasteiger partial charge is 0.291 e. The highest BCUT2D eigenvalue weighted by Gasteiger charge is 2.31. The van der Waals surface area contributed by atoms with Crippen molar-refractivity contribution < 1.29 is 4.79 Å². The minimum absolute atomic E-state index is 0.0203. The molecule has 3 nitrogen and oxygen atoms in total. The zero-order chi connectivity index (χ0) is 21.2. The molecule has 0 N–H and O–H groups in total. The minimum atomic E-state index is -0.0203. The molecule has 0 spiro atoms. The van der Waals surface area contributed by atoms with Gasteiger partial charge in [-0.05, 0) is 35.0 Å². The lowest BCUT2D eigenvalue weighted by molar-refractivity contribution is 0.244. The number of fused-ring (bicyclic) bond motifs is 1. The van der Waals surface area contributed by atoms with Gasteiger partial charge >= 0.3 is 0 Å². The van der Waals surface area contributed by atoms with E-state index in [1.54, 1.807) is 4.90 Å². The first-order valence-electron chi connectivity index (χ1n) is 10.1. The molecule has 1 aliphatic heterocycles. The first kappa shape index (κ1) is 19.8. The summed E-state index contributed by atoms with van der Waals surface area (Å²) < 4.78 is 2.25. The molecule has 0 bridgehead atoms. The van der Waals surface area contributed by atoms with Gasteiger partial charge in [0.2, 0.25) is 0 Å². The summed E-state index contributed by atoms with van der Waals surface area (Å²) in [4.78, 5) is 15.8. The fourth-order valence-electron chi connectivity index (χ4n) is 3.84. The van der Waals surface area contributed by atoms with E-state index >= 15 is 0 Å². The van der Waals surface area contributed by atoms with Crippen LogP contribution >= 0.6 is 24.0 Å². The van der Waals surface area contributed by atoms with Gasteiger partial charge in [-0.2, -0.15) is 0 Å². The van der Waals surface area contributed by atoms with Gasteiger partial charge in [0.05, 0.1) is 11.4 Å². The second-order valence-electron chi connectivity index (χ2n) is 7.47. The van der Waals surface area contributed by atoms with Crippen LogP contribution in [0.25, 0.3) is 17.0 Å². The van der Waals surface area contributed by atoms with Crippen molar-refractivity contribution in [1.29, 1.82) is 0 Å². The number of thiocarbonyl (C=S) groups is 1. The minimum Gasteiger partial charge on any atom is -0.342 e. The summed E-state index contributed by atoms with van der Waals surface area (Å²) in [6.07, 6.45) is 4.21. The molecule has 0 saturated carbocycles. The number of nitrogens with zero attached hydrogens (tertiary/aromatic N) is 2. The van der Waals surface area contributed by atoms with Gasteiger partial charge in [0.25, 0.3) is 5.24 Å². The fourth-order valence-corrected chi connectivity index (χ4v) is 5.07. The fraction of sp³-hybridized carbons (Fsp3) is 0.0769. The van der Waals surface area contributed by atoms with Crippen LogP contribution in [-0.2, 0) is 13.1 Å². The predicted molar refractivity (Wildman–Crippen MR) is 133 cm³/mol. The monoisotopic (exact) mass is 440 g/mol. The maximum absolute atomic E-state index is 12.7. The molecule has 1 fully saturated rings. The van der Waals surface area contributed by atoms with E-state index in [9.17, 15) is 4.79 Å². The highest BCUT2D eigenvalue weighted by Crippen LogP contribution is 2.36. The number of carbonyl (C=O) groups excluding carboxylic acids is 1.